The molecule has 1 N–H and O–H groups in total. The van der Waals surface area contributed by atoms with Gasteiger partial charge in [0.15, 0.2) is 0 Å². The molecule has 94 valence electrons. The second kappa shape index (κ2) is 4.41. The highest BCUT2D eigenvalue weighted by atomic mass is 35.5. The summed E-state index contributed by atoms with van der Waals surface area (Å²) >= 11 is 6.12. The number of aliphatic hydroxyl groups excluding tert-OH is 1. The molecular weight excluding hydrogens is 253 g/mol. The number of halogens is 2. The van der Waals surface area contributed by atoms with Crippen LogP contribution in [0.3, 0.4) is 0 Å². The summed E-state index contributed by atoms with van der Waals surface area (Å²) in [7, 11) is 0. The van der Waals surface area contributed by atoms with E-state index in [1.807, 2.05) is 16.8 Å². The molecule has 0 aliphatic heterocycles. The van der Waals surface area contributed by atoms with Crippen LogP contribution < -0.4 is 0 Å². The Morgan fingerprint density at radius 2 is 2.17 bits per heavy atom. The number of aromatic nitrogens is 1. The Morgan fingerprint density at radius 3 is 3.00 bits per heavy atom. The van der Waals surface area contributed by atoms with E-state index in [0.29, 0.717) is 10.7 Å². The van der Waals surface area contributed by atoms with Gasteiger partial charge >= 0.3 is 0 Å². The molecule has 0 spiro atoms. The largest absolute Gasteiger partial charge is 0.388 e. The van der Waals surface area contributed by atoms with Crippen LogP contribution in [0.5, 0.6) is 0 Å². The summed E-state index contributed by atoms with van der Waals surface area (Å²) in [6.07, 6.45) is 4.04. The van der Waals surface area contributed by atoms with E-state index in [1.54, 1.807) is 6.07 Å². The van der Waals surface area contributed by atoms with Crippen molar-refractivity contribution in [2.24, 2.45) is 0 Å². The summed E-state index contributed by atoms with van der Waals surface area (Å²) in [5.41, 5.74) is 2.59. The zero-order valence-corrected chi connectivity index (χ0v) is 10.5. The number of nitrogens with zero attached hydrogens (tertiary/aromatic N) is 1. The molecule has 1 aliphatic carbocycles. The molecule has 0 amide bonds. The summed E-state index contributed by atoms with van der Waals surface area (Å²) in [5, 5.41) is 10.4. The SMILES string of the molecule is OC1CCCc2c1ccn2-c1cc(F)ccc1Cl. The molecule has 0 radical (unpaired) electrons. The highest BCUT2D eigenvalue weighted by Gasteiger charge is 2.22. The topological polar surface area (TPSA) is 25.2 Å². The third-order valence-electron chi connectivity index (χ3n) is 3.45. The van der Waals surface area contributed by atoms with Gasteiger partial charge in [-0.15, -0.1) is 0 Å². The standard InChI is InChI=1S/C14H13ClFNO/c15-11-5-4-9(16)8-13(11)17-7-6-10-12(17)2-1-3-14(10)18/h4-8,14,18H,1-3H2. The average Bonchev–Trinajstić information content (AvgIpc) is 2.77. The van der Waals surface area contributed by atoms with Crippen molar-refractivity contribution in [3.8, 4) is 5.69 Å². The molecule has 1 aromatic heterocycles. The van der Waals surface area contributed by atoms with Crippen LogP contribution in [0.15, 0.2) is 30.5 Å². The summed E-state index contributed by atoms with van der Waals surface area (Å²) in [4.78, 5) is 0. The first-order chi connectivity index (χ1) is 8.66. The van der Waals surface area contributed by atoms with Crippen LogP contribution in [0.4, 0.5) is 4.39 Å². The zero-order chi connectivity index (χ0) is 12.7. The molecule has 0 saturated carbocycles. The van der Waals surface area contributed by atoms with E-state index in [2.05, 4.69) is 0 Å². The van der Waals surface area contributed by atoms with E-state index in [4.69, 9.17) is 11.6 Å². The van der Waals surface area contributed by atoms with E-state index in [-0.39, 0.29) is 5.82 Å². The maximum Gasteiger partial charge on any atom is 0.125 e. The molecule has 1 aromatic carbocycles. The Balaban J connectivity index is 2.15. The fraction of sp³-hybridized carbons (Fsp3) is 0.286. The number of hydrogen-bond donors (Lipinski definition) is 1. The molecule has 0 saturated heterocycles. The van der Waals surface area contributed by atoms with Gasteiger partial charge in [-0.25, -0.2) is 4.39 Å². The maximum absolute atomic E-state index is 13.3. The summed E-state index contributed by atoms with van der Waals surface area (Å²) in [6, 6.07) is 6.21. The highest BCUT2D eigenvalue weighted by molar-refractivity contribution is 6.32. The van der Waals surface area contributed by atoms with E-state index >= 15 is 0 Å². The van der Waals surface area contributed by atoms with Crippen molar-refractivity contribution >= 4 is 11.6 Å². The molecule has 1 aliphatic rings. The molecule has 1 atom stereocenters. The summed E-state index contributed by atoms with van der Waals surface area (Å²) in [6.45, 7) is 0. The van der Waals surface area contributed by atoms with Crippen LogP contribution in [0.1, 0.15) is 30.2 Å². The Labute approximate surface area is 110 Å². The highest BCUT2D eigenvalue weighted by Crippen LogP contribution is 2.33. The second-order valence-electron chi connectivity index (χ2n) is 4.59. The van der Waals surface area contributed by atoms with Crippen LogP contribution in [-0.4, -0.2) is 9.67 Å². The van der Waals surface area contributed by atoms with Crippen LogP contribution >= 0.6 is 11.6 Å². The monoisotopic (exact) mass is 265 g/mol. The van der Waals surface area contributed by atoms with Crippen molar-refractivity contribution in [1.29, 1.82) is 0 Å². The minimum absolute atomic E-state index is 0.312. The molecule has 4 heteroatoms. The quantitative estimate of drug-likeness (QED) is 0.837. The van der Waals surface area contributed by atoms with Gasteiger partial charge < -0.3 is 9.67 Å². The fourth-order valence-corrected chi connectivity index (χ4v) is 2.77. The van der Waals surface area contributed by atoms with E-state index in [1.165, 1.54) is 12.1 Å². The van der Waals surface area contributed by atoms with E-state index in [9.17, 15) is 9.50 Å². The third-order valence-corrected chi connectivity index (χ3v) is 3.76. The predicted molar refractivity (Wildman–Crippen MR) is 68.6 cm³/mol. The molecule has 0 bridgehead atoms. The lowest BCUT2D eigenvalue weighted by Crippen LogP contribution is -2.11. The lowest BCUT2D eigenvalue weighted by Gasteiger charge is -2.20. The van der Waals surface area contributed by atoms with Crippen LogP contribution in [0.25, 0.3) is 5.69 Å². The average molecular weight is 266 g/mol. The van der Waals surface area contributed by atoms with Crippen molar-refractivity contribution in [2.45, 2.75) is 25.4 Å². The van der Waals surface area contributed by atoms with Gasteiger partial charge in [-0.05, 0) is 43.5 Å². The van der Waals surface area contributed by atoms with Gasteiger partial charge in [0.25, 0.3) is 0 Å². The van der Waals surface area contributed by atoms with Crippen molar-refractivity contribution in [3.63, 3.8) is 0 Å². The maximum atomic E-state index is 13.3. The molecule has 1 unspecified atom stereocenters. The van der Waals surface area contributed by atoms with E-state index < -0.39 is 6.10 Å². The summed E-state index contributed by atoms with van der Waals surface area (Å²) < 4.78 is 15.2. The van der Waals surface area contributed by atoms with Crippen molar-refractivity contribution in [1.82, 2.24) is 4.57 Å². The number of rotatable bonds is 1. The molecule has 2 nitrogen and oxygen atoms in total. The molecule has 3 rings (SSSR count). The number of hydrogen-bond acceptors (Lipinski definition) is 1. The Bertz CT molecular complexity index is 593. The first-order valence-electron chi connectivity index (χ1n) is 6.00. The minimum atomic E-state index is -0.415. The van der Waals surface area contributed by atoms with Crippen LogP contribution in [0, 0.1) is 5.82 Å². The Hall–Kier alpha value is -1.32. The van der Waals surface area contributed by atoms with Gasteiger partial charge in [0.05, 0.1) is 16.8 Å². The van der Waals surface area contributed by atoms with Crippen molar-refractivity contribution in [3.05, 3.63) is 52.6 Å². The van der Waals surface area contributed by atoms with Gasteiger partial charge in [0.2, 0.25) is 0 Å². The first-order valence-corrected chi connectivity index (χ1v) is 6.38. The van der Waals surface area contributed by atoms with Crippen LogP contribution in [-0.2, 0) is 6.42 Å². The van der Waals surface area contributed by atoms with Gasteiger partial charge in [-0.1, -0.05) is 11.6 Å². The van der Waals surface area contributed by atoms with Crippen molar-refractivity contribution in [2.75, 3.05) is 0 Å². The molecule has 18 heavy (non-hydrogen) atoms. The zero-order valence-electron chi connectivity index (χ0n) is 9.74. The minimum Gasteiger partial charge on any atom is -0.388 e. The number of benzene rings is 1. The fourth-order valence-electron chi connectivity index (χ4n) is 2.56. The normalized spacial score (nSPS) is 18.7. The van der Waals surface area contributed by atoms with Gasteiger partial charge in [-0.3, -0.25) is 0 Å². The second-order valence-corrected chi connectivity index (χ2v) is 5.00. The Morgan fingerprint density at radius 1 is 1.33 bits per heavy atom. The number of fused-ring (bicyclic) bond motifs is 1. The molecular formula is C14H13ClFNO. The van der Waals surface area contributed by atoms with Crippen molar-refractivity contribution < 1.29 is 9.50 Å². The lowest BCUT2D eigenvalue weighted by molar-refractivity contribution is 0.156. The van der Waals surface area contributed by atoms with Crippen LogP contribution in [0.2, 0.25) is 5.02 Å². The number of aliphatic hydroxyl groups is 1. The van der Waals surface area contributed by atoms with E-state index in [0.717, 1.165) is 30.5 Å². The molecule has 0 fully saturated rings. The summed E-state index contributed by atoms with van der Waals surface area (Å²) in [5.74, 6) is -0.312. The van der Waals surface area contributed by atoms with Gasteiger partial charge in [0, 0.05) is 17.5 Å². The van der Waals surface area contributed by atoms with Gasteiger partial charge in [-0.2, -0.15) is 0 Å². The molecule has 2 aromatic rings. The first kappa shape index (κ1) is 11.8. The lowest BCUT2D eigenvalue weighted by atomic mass is 9.95. The smallest absolute Gasteiger partial charge is 0.125 e. The Kier molecular flexibility index (Phi) is 2.88. The van der Waals surface area contributed by atoms with Gasteiger partial charge in [0.1, 0.15) is 5.82 Å². The molecule has 1 heterocycles. The predicted octanol–water partition coefficient (Wildman–Crippen LogP) is 3.64. The third kappa shape index (κ3) is 1.84.